The van der Waals surface area contributed by atoms with Crippen LogP contribution in [-0.2, 0) is 11.0 Å². The van der Waals surface area contributed by atoms with Crippen LogP contribution in [-0.4, -0.2) is 11.1 Å². The lowest BCUT2D eigenvalue weighted by Crippen LogP contribution is -2.16. The minimum atomic E-state index is -4.69. The minimum Gasteiger partial charge on any atom is -0.481 e. The van der Waals surface area contributed by atoms with Crippen LogP contribution in [0, 0.1) is 5.82 Å². The molecule has 0 aromatic heterocycles. The molecule has 0 amide bonds. The number of carboxylic acid groups (broad SMARTS) is 1. The van der Waals surface area contributed by atoms with Crippen LogP contribution in [0.3, 0.4) is 0 Å². The lowest BCUT2D eigenvalue weighted by molar-refractivity contribution is -0.141. The summed E-state index contributed by atoms with van der Waals surface area (Å²) in [6.07, 6.45) is -4.69. The third-order valence-corrected chi connectivity index (χ3v) is 2.16. The SMILES string of the molecule is CC(C(=O)O)c1cc(F)ccc1C(F)(F)F. The second kappa shape index (κ2) is 4.11. The van der Waals surface area contributed by atoms with Crippen LogP contribution in [0.1, 0.15) is 24.0 Å². The summed E-state index contributed by atoms with van der Waals surface area (Å²) in [5.41, 5.74) is -1.69. The van der Waals surface area contributed by atoms with Crippen LogP contribution >= 0.6 is 0 Å². The number of benzene rings is 1. The van der Waals surface area contributed by atoms with Gasteiger partial charge in [-0.1, -0.05) is 0 Å². The van der Waals surface area contributed by atoms with Gasteiger partial charge in [0.05, 0.1) is 11.5 Å². The van der Waals surface area contributed by atoms with Crippen LogP contribution in [0.5, 0.6) is 0 Å². The summed E-state index contributed by atoms with van der Waals surface area (Å²) in [6.45, 7) is 1.08. The van der Waals surface area contributed by atoms with Gasteiger partial charge in [-0.2, -0.15) is 13.2 Å². The molecule has 1 atom stereocenters. The van der Waals surface area contributed by atoms with Crippen molar-refractivity contribution in [2.75, 3.05) is 0 Å². The molecule has 1 aromatic rings. The fraction of sp³-hybridized carbons (Fsp3) is 0.300. The molecular formula is C10H8F4O2. The van der Waals surface area contributed by atoms with E-state index in [9.17, 15) is 22.4 Å². The first-order valence-electron chi connectivity index (χ1n) is 4.33. The molecule has 0 saturated heterocycles. The summed E-state index contributed by atoms with van der Waals surface area (Å²) in [7, 11) is 0. The summed E-state index contributed by atoms with van der Waals surface area (Å²) in [5.74, 6) is -3.74. The van der Waals surface area contributed by atoms with Crippen molar-refractivity contribution in [1.82, 2.24) is 0 Å². The van der Waals surface area contributed by atoms with Crippen molar-refractivity contribution in [3.63, 3.8) is 0 Å². The summed E-state index contributed by atoms with van der Waals surface area (Å²) in [5, 5.41) is 8.63. The van der Waals surface area contributed by atoms with Crippen molar-refractivity contribution in [1.29, 1.82) is 0 Å². The van der Waals surface area contributed by atoms with Gasteiger partial charge in [0.1, 0.15) is 5.82 Å². The molecule has 0 saturated carbocycles. The minimum absolute atomic E-state index is 0.546. The molecule has 0 heterocycles. The Morgan fingerprint density at radius 2 is 1.94 bits per heavy atom. The Hall–Kier alpha value is -1.59. The maximum Gasteiger partial charge on any atom is 0.416 e. The van der Waals surface area contributed by atoms with E-state index < -0.39 is 35.0 Å². The van der Waals surface area contributed by atoms with Crippen molar-refractivity contribution < 1.29 is 27.5 Å². The van der Waals surface area contributed by atoms with E-state index in [1.807, 2.05) is 0 Å². The highest BCUT2D eigenvalue weighted by Crippen LogP contribution is 2.35. The molecule has 1 N–H and O–H groups in total. The van der Waals surface area contributed by atoms with Gasteiger partial charge in [0.15, 0.2) is 0 Å². The first kappa shape index (κ1) is 12.5. The van der Waals surface area contributed by atoms with E-state index in [1.54, 1.807) is 0 Å². The fourth-order valence-electron chi connectivity index (χ4n) is 1.28. The molecule has 1 unspecified atom stereocenters. The highest BCUT2D eigenvalue weighted by atomic mass is 19.4. The van der Waals surface area contributed by atoms with E-state index in [4.69, 9.17) is 5.11 Å². The van der Waals surface area contributed by atoms with Crippen LogP contribution in [0.15, 0.2) is 18.2 Å². The maximum absolute atomic E-state index is 12.8. The number of alkyl halides is 3. The van der Waals surface area contributed by atoms with Crippen molar-refractivity contribution in [3.05, 3.63) is 35.1 Å². The Labute approximate surface area is 88.5 Å². The first-order chi connectivity index (χ1) is 7.23. The molecule has 0 spiro atoms. The molecule has 0 aliphatic rings. The maximum atomic E-state index is 12.8. The predicted molar refractivity (Wildman–Crippen MR) is 47.5 cm³/mol. The monoisotopic (exact) mass is 236 g/mol. The van der Waals surface area contributed by atoms with E-state index in [0.29, 0.717) is 18.2 Å². The smallest absolute Gasteiger partial charge is 0.416 e. The van der Waals surface area contributed by atoms with Crippen LogP contribution in [0.25, 0.3) is 0 Å². The van der Waals surface area contributed by atoms with Gasteiger partial charge in [0.25, 0.3) is 0 Å². The quantitative estimate of drug-likeness (QED) is 0.801. The summed E-state index contributed by atoms with van der Waals surface area (Å²) in [6, 6.07) is 1.80. The number of hydrogen-bond donors (Lipinski definition) is 1. The molecule has 0 radical (unpaired) electrons. The van der Waals surface area contributed by atoms with Gasteiger partial charge >= 0.3 is 12.1 Å². The zero-order chi connectivity index (χ0) is 12.5. The number of hydrogen-bond acceptors (Lipinski definition) is 1. The molecule has 16 heavy (non-hydrogen) atoms. The van der Waals surface area contributed by atoms with Crippen molar-refractivity contribution in [2.24, 2.45) is 0 Å². The van der Waals surface area contributed by atoms with E-state index in [2.05, 4.69) is 0 Å². The summed E-state index contributed by atoms with van der Waals surface area (Å²) < 4.78 is 50.3. The van der Waals surface area contributed by atoms with Crippen LogP contribution in [0.2, 0.25) is 0 Å². The van der Waals surface area contributed by atoms with Gasteiger partial charge in [-0.25, -0.2) is 4.39 Å². The van der Waals surface area contributed by atoms with Gasteiger partial charge in [-0.15, -0.1) is 0 Å². The molecule has 0 aliphatic heterocycles. The normalized spacial score (nSPS) is 13.6. The standard InChI is InChI=1S/C10H8F4O2/c1-5(9(15)16)7-4-6(11)2-3-8(7)10(12,13)14/h2-5H,1H3,(H,15,16). The number of carboxylic acids is 1. The van der Waals surface area contributed by atoms with Gasteiger partial charge < -0.3 is 5.11 Å². The van der Waals surface area contributed by atoms with E-state index in [0.717, 1.165) is 6.92 Å². The summed E-state index contributed by atoms with van der Waals surface area (Å²) in [4.78, 5) is 10.6. The lowest BCUT2D eigenvalue weighted by Gasteiger charge is -2.15. The predicted octanol–water partition coefficient (Wildman–Crippen LogP) is 3.03. The van der Waals surface area contributed by atoms with Gasteiger partial charge in [-0.3, -0.25) is 4.79 Å². The Kier molecular flexibility index (Phi) is 3.21. The second-order valence-corrected chi connectivity index (χ2v) is 3.29. The zero-order valence-electron chi connectivity index (χ0n) is 8.18. The number of carbonyl (C=O) groups is 1. The number of halogens is 4. The highest BCUT2D eigenvalue weighted by molar-refractivity contribution is 5.76. The molecular weight excluding hydrogens is 228 g/mol. The Morgan fingerprint density at radius 3 is 2.38 bits per heavy atom. The molecule has 0 aliphatic carbocycles. The van der Waals surface area contributed by atoms with Crippen molar-refractivity contribution >= 4 is 5.97 Å². The highest BCUT2D eigenvalue weighted by Gasteiger charge is 2.35. The Morgan fingerprint density at radius 1 is 1.38 bits per heavy atom. The van der Waals surface area contributed by atoms with Gasteiger partial charge in [0.2, 0.25) is 0 Å². The molecule has 0 fully saturated rings. The molecule has 1 rings (SSSR count). The largest absolute Gasteiger partial charge is 0.481 e. The van der Waals surface area contributed by atoms with Crippen molar-refractivity contribution in [2.45, 2.75) is 19.0 Å². The van der Waals surface area contributed by atoms with Crippen LogP contribution in [0.4, 0.5) is 17.6 Å². The Bertz CT molecular complexity index is 412. The first-order valence-corrected chi connectivity index (χ1v) is 4.33. The zero-order valence-corrected chi connectivity index (χ0v) is 8.18. The topological polar surface area (TPSA) is 37.3 Å². The van der Waals surface area contributed by atoms with Gasteiger partial charge in [0, 0.05) is 0 Å². The van der Waals surface area contributed by atoms with Gasteiger partial charge in [-0.05, 0) is 30.7 Å². The average molecular weight is 236 g/mol. The lowest BCUT2D eigenvalue weighted by atomic mass is 9.95. The Balaban J connectivity index is 3.35. The van der Waals surface area contributed by atoms with E-state index >= 15 is 0 Å². The van der Waals surface area contributed by atoms with E-state index in [-0.39, 0.29) is 0 Å². The van der Waals surface area contributed by atoms with Crippen LogP contribution < -0.4 is 0 Å². The average Bonchev–Trinajstić information content (AvgIpc) is 2.14. The number of aliphatic carboxylic acids is 1. The molecule has 88 valence electrons. The summed E-state index contributed by atoms with van der Waals surface area (Å²) >= 11 is 0. The molecule has 0 bridgehead atoms. The van der Waals surface area contributed by atoms with E-state index in [1.165, 1.54) is 0 Å². The fourth-order valence-corrected chi connectivity index (χ4v) is 1.28. The molecule has 1 aromatic carbocycles. The molecule has 2 nitrogen and oxygen atoms in total. The number of rotatable bonds is 2. The van der Waals surface area contributed by atoms with Crippen molar-refractivity contribution in [3.8, 4) is 0 Å². The second-order valence-electron chi connectivity index (χ2n) is 3.29. The molecule has 6 heteroatoms. The third kappa shape index (κ3) is 2.50. The third-order valence-electron chi connectivity index (χ3n) is 2.16.